The second kappa shape index (κ2) is 26.3. The lowest BCUT2D eigenvalue weighted by atomic mass is 9.79. The Kier molecular flexibility index (Phi) is 22.0. The van der Waals surface area contributed by atoms with Gasteiger partial charge in [-0.3, -0.25) is 28.2 Å². The van der Waals surface area contributed by atoms with Gasteiger partial charge in [-0.1, -0.05) is 88.7 Å². The van der Waals surface area contributed by atoms with E-state index in [-0.39, 0.29) is 52.0 Å². The number of hydrogen-bond acceptors (Lipinski definition) is 15. The molecule has 0 unspecified atom stereocenters. The third-order valence-electron chi connectivity index (χ3n) is 11.5. The third kappa shape index (κ3) is 18.9. The summed E-state index contributed by atoms with van der Waals surface area (Å²) in [7, 11) is -16.8. The van der Waals surface area contributed by atoms with Crippen molar-refractivity contribution in [1.29, 1.82) is 0 Å². The summed E-state index contributed by atoms with van der Waals surface area (Å²) in [6, 6.07) is 9.78. The molecule has 72 heavy (non-hydrogen) atoms. The number of allylic oxidation sites excluding steroid dienone is 8. The molecule has 2 heterocycles. The van der Waals surface area contributed by atoms with Crippen LogP contribution in [-0.4, -0.2) is 106 Å². The maximum absolute atomic E-state index is 13.4. The van der Waals surface area contributed by atoms with Crippen LogP contribution in [0.15, 0.2) is 98.9 Å². The van der Waals surface area contributed by atoms with Crippen molar-refractivity contribution in [3.63, 3.8) is 0 Å². The highest BCUT2D eigenvalue weighted by Gasteiger charge is 2.40. The van der Waals surface area contributed by atoms with Crippen LogP contribution in [0.2, 0.25) is 0 Å². The van der Waals surface area contributed by atoms with E-state index in [2.05, 4.69) is 43.4 Å². The Hall–Kier alpha value is -4.26. The smallest absolute Gasteiger partial charge is 0.294 e. The lowest BCUT2D eigenvalue weighted by Crippen LogP contribution is -2.30. The minimum atomic E-state index is -4.48. The van der Waals surface area contributed by atoms with E-state index in [4.69, 9.17) is 10.1 Å². The summed E-state index contributed by atoms with van der Waals surface area (Å²) in [6.07, 6.45) is 17.8. The van der Waals surface area contributed by atoms with Crippen molar-refractivity contribution in [1.82, 2.24) is 15.5 Å². The number of nitrogens with zero attached hydrogens (tertiary/aromatic N) is 4. The Balaban J connectivity index is 1.42. The molecule has 7 N–H and O–H groups in total. The molecule has 1 aliphatic heterocycles. The molecule has 2 aromatic carbocycles. The number of nitrogens with two attached hydrogens (primary N) is 1. The van der Waals surface area contributed by atoms with Crippen molar-refractivity contribution < 1.29 is 56.9 Å². The van der Waals surface area contributed by atoms with E-state index in [1.54, 1.807) is 36.4 Å². The van der Waals surface area contributed by atoms with Gasteiger partial charge in [-0.2, -0.15) is 25.3 Å². The number of sulfonamides is 1. The number of carbonyl (C=O) groups is 2. The number of amides is 2. The number of carbonyl (C=O) groups excluding carboxylic acids is 2. The van der Waals surface area contributed by atoms with Crippen molar-refractivity contribution >= 4 is 103 Å². The maximum atomic E-state index is 13.4. The Labute approximate surface area is 440 Å². The quantitative estimate of drug-likeness (QED) is 0.0105. The van der Waals surface area contributed by atoms with E-state index in [0.29, 0.717) is 72.6 Å². The Morgan fingerprint density at radius 3 is 2.11 bits per heavy atom. The average Bonchev–Trinajstić information content (AvgIpc) is 3.83. The second-order valence-corrected chi connectivity index (χ2v) is 26.4. The zero-order valence-electron chi connectivity index (χ0n) is 40.3. The van der Waals surface area contributed by atoms with Gasteiger partial charge in [0.2, 0.25) is 15.4 Å². The van der Waals surface area contributed by atoms with Crippen LogP contribution in [0.3, 0.4) is 0 Å². The third-order valence-corrected chi connectivity index (χ3v) is 17.1. The monoisotopic (exact) mass is 1210 g/mol. The van der Waals surface area contributed by atoms with Crippen LogP contribution >= 0.6 is 33.9 Å². The number of halogens is 1. The molecule has 0 spiro atoms. The molecule has 396 valence electrons. The molecule has 0 fully saturated rings. The molecule has 2 amide bonds. The lowest BCUT2D eigenvalue weighted by molar-refractivity contribution is -0.116. The fraction of sp³-hybridized carbons (Fsp3) is 0.457. The van der Waals surface area contributed by atoms with Crippen LogP contribution < -0.4 is 20.7 Å². The number of primary sulfonamides is 1. The number of aliphatic imine (C=N–C) groups is 1. The summed E-state index contributed by atoms with van der Waals surface area (Å²) in [5, 5.41) is 17.7. The van der Waals surface area contributed by atoms with Gasteiger partial charge in [0.1, 0.15) is 0 Å². The van der Waals surface area contributed by atoms with Gasteiger partial charge < -0.3 is 15.5 Å². The van der Waals surface area contributed by atoms with Gasteiger partial charge in [0.05, 0.1) is 16.4 Å². The zero-order valence-corrected chi connectivity index (χ0v) is 46.6. The van der Waals surface area contributed by atoms with Crippen LogP contribution in [0, 0.1) is 3.57 Å². The van der Waals surface area contributed by atoms with E-state index in [9.17, 15) is 56.9 Å². The molecular formula is C46H62IN7O13S5. The fourth-order valence-corrected chi connectivity index (χ4v) is 11.7. The Morgan fingerprint density at radius 1 is 0.819 bits per heavy atom. The number of aromatic nitrogens is 2. The predicted octanol–water partition coefficient (Wildman–Crippen LogP) is 7.15. The molecule has 1 aromatic heterocycles. The predicted molar refractivity (Wildman–Crippen MR) is 288 cm³/mol. The van der Waals surface area contributed by atoms with Crippen LogP contribution in [0.25, 0.3) is 0 Å². The number of unbranched alkanes of at least 4 members (excludes halogenated alkanes) is 6. The summed E-state index contributed by atoms with van der Waals surface area (Å²) in [5.41, 5.74) is 2.62. The molecule has 0 bridgehead atoms. The molecule has 26 heteroatoms. The zero-order chi connectivity index (χ0) is 53.5. The first-order chi connectivity index (χ1) is 33.5. The van der Waals surface area contributed by atoms with Crippen LogP contribution in [0.4, 0.5) is 10.8 Å². The summed E-state index contributed by atoms with van der Waals surface area (Å²) in [4.78, 5) is 32.2. The highest BCUT2D eigenvalue weighted by molar-refractivity contribution is 14.1. The largest absolute Gasteiger partial charge is 0.352 e. The molecule has 4 rings (SSSR count). The highest BCUT2D eigenvalue weighted by atomic mass is 127. The standard InChI is InChI=1S/C46H62IN7O13S5/c1-45(2,35-31-33(22-24-37(35)47)42(56)50-27-14-10-6-9-13-21-41(55)51-43-52-53-44(68-43)71(48,63)64)39(49-26-15-17-29-69(57,58)59)19-11-7-5-8-12-20-40-46(3,4)36-32-34(72(65,66)67)23-25-38(36)54(40)28-16-18-30-70(60,61)62/h5,7-8,11-12,19-20,22-25,31-32H,6,9-10,13-18,21,26-30H2,1-4H3,(H,50,56)(H2,48,63,64)(H,51,52,55)(H,57,58,59)(H,60,61,62)(H,65,66,67)/b7-5+,12-8+,19-11+,40-20+,49-39?. The van der Waals surface area contributed by atoms with Gasteiger partial charge in [-0.15, -0.1) is 10.2 Å². The molecule has 0 aliphatic carbocycles. The first-order valence-corrected chi connectivity index (χ1v) is 30.9. The average molecular weight is 1210 g/mol. The molecule has 1 aliphatic rings. The molecule has 0 saturated heterocycles. The summed E-state index contributed by atoms with van der Waals surface area (Å²) < 4.78 is 121. The lowest BCUT2D eigenvalue weighted by Gasteiger charge is -2.28. The van der Waals surface area contributed by atoms with E-state index in [1.165, 1.54) is 12.1 Å². The van der Waals surface area contributed by atoms with Crippen LogP contribution in [0.1, 0.15) is 113 Å². The van der Waals surface area contributed by atoms with Crippen molar-refractivity contribution in [2.45, 2.75) is 112 Å². The SMILES string of the molecule is CC(C)(C(/C=C/C=C/C=C/C=C1/N(CCCCS(=O)(=O)O)c2ccc(S(=O)(=O)O)cc2C1(C)C)=NCCCCS(=O)(=O)O)c1cc(C(=O)NCCCCCCCC(=O)Nc2nnc(S(N)(=O)=O)s2)ccc1I. The maximum Gasteiger partial charge on any atom is 0.294 e. The van der Waals surface area contributed by atoms with Gasteiger partial charge in [-0.25, -0.2) is 13.6 Å². The van der Waals surface area contributed by atoms with E-state index in [1.807, 2.05) is 63.0 Å². The van der Waals surface area contributed by atoms with Crippen molar-refractivity contribution in [2.24, 2.45) is 10.1 Å². The van der Waals surface area contributed by atoms with Crippen LogP contribution in [0.5, 0.6) is 0 Å². The summed E-state index contributed by atoms with van der Waals surface area (Å²) in [5.74, 6) is -1.36. The van der Waals surface area contributed by atoms with E-state index < -0.39 is 62.7 Å². The second-order valence-electron chi connectivity index (χ2n) is 17.9. The summed E-state index contributed by atoms with van der Waals surface area (Å²) in [6.45, 7) is 8.85. The number of rotatable bonds is 28. The molecular weight excluding hydrogens is 1150 g/mol. The molecule has 0 saturated carbocycles. The minimum absolute atomic E-state index is 0.0522. The van der Waals surface area contributed by atoms with Crippen molar-refractivity contribution in [2.75, 3.05) is 41.4 Å². The van der Waals surface area contributed by atoms with Gasteiger partial charge in [0.25, 0.3) is 46.3 Å². The van der Waals surface area contributed by atoms with Gasteiger partial charge in [0, 0.05) is 63.1 Å². The van der Waals surface area contributed by atoms with Crippen molar-refractivity contribution in [3.8, 4) is 0 Å². The Bertz CT molecular complexity index is 3040. The normalized spacial score (nSPS) is 15.3. The minimum Gasteiger partial charge on any atom is -0.352 e. The number of benzene rings is 2. The topological polar surface area (TPSA) is 323 Å². The van der Waals surface area contributed by atoms with Crippen molar-refractivity contribution in [3.05, 3.63) is 105 Å². The highest BCUT2D eigenvalue weighted by Crippen LogP contribution is 2.48. The molecule has 3 aromatic rings. The number of fused-ring (bicyclic) bond motifs is 1. The molecule has 0 radical (unpaired) electrons. The molecule has 0 atom stereocenters. The first kappa shape index (κ1) is 60.3. The summed E-state index contributed by atoms with van der Waals surface area (Å²) >= 11 is 2.89. The number of anilines is 2. The van der Waals surface area contributed by atoms with E-state index in [0.717, 1.165) is 34.1 Å². The molecule has 20 nitrogen and oxygen atoms in total. The van der Waals surface area contributed by atoms with Gasteiger partial charge in [0.15, 0.2) is 0 Å². The van der Waals surface area contributed by atoms with Crippen LogP contribution in [-0.2, 0) is 56.0 Å². The van der Waals surface area contributed by atoms with Gasteiger partial charge >= 0.3 is 0 Å². The fourth-order valence-electron chi connectivity index (χ4n) is 7.74. The van der Waals surface area contributed by atoms with E-state index >= 15 is 0 Å². The number of hydrogen-bond donors (Lipinski definition) is 6. The first-order valence-electron chi connectivity index (χ1n) is 22.8. The number of nitrogens with one attached hydrogen (secondary N) is 2. The Morgan fingerprint density at radius 2 is 1.46 bits per heavy atom. The van der Waals surface area contributed by atoms with Gasteiger partial charge in [-0.05, 0) is 121 Å².